The molecule has 0 amide bonds. The van der Waals surface area contributed by atoms with Crippen LogP contribution in [0, 0.1) is 6.92 Å². The van der Waals surface area contributed by atoms with Crippen LogP contribution in [0.5, 0.6) is 0 Å². The highest BCUT2D eigenvalue weighted by molar-refractivity contribution is 9.10. The van der Waals surface area contributed by atoms with Gasteiger partial charge in [-0.3, -0.25) is 0 Å². The van der Waals surface area contributed by atoms with Crippen molar-refractivity contribution >= 4 is 15.9 Å². The molecule has 0 unspecified atom stereocenters. The van der Waals surface area contributed by atoms with Crippen molar-refractivity contribution in [3.63, 3.8) is 0 Å². The van der Waals surface area contributed by atoms with Crippen molar-refractivity contribution in [2.45, 2.75) is 20.4 Å². The van der Waals surface area contributed by atoms with E-state index in [1.54, 1.807) is 15.7 Å². The third-order valence-electron chi connectivity index (χ3n) is 2.97. The van der Waals surface area contributed by atoms with E-state index in [2.05, 4.69) is 55.5 Å². The molecular formula is C13H13BrN6. The molecule has 0 spiro atoms. The van der Waals surface area contributed by atoms with Gasteiger partial charge in [0.05, 0.1) is 24.0 Å². The van der Waals surface area contributed by atoms with Gasteiger partial charge in [0.2, 0.25) is 5.82 Å². The van der Waals surface area contributed by atoms with Gasteiger partial charge in [-0.25, -0.2) is 4.68 Å². The van der Waals surface area contributed by atoms with Crippen LogP contribution in [-0.2, 0) is 6.54 Å². The third kappa shape index (κ3) is 2.24. The zero-order valence-corrected chi connectivity index (χ0v) is 12.7. The number of hydrogen-bond donors (Lipinski definition) is 0. The highest BCUT2D eigenvalue weighted by Crippen LogP contribution is 2.27. The van der Waals surface area contributed by atoms with Crippen molar-refractivity contribution < 1.29 is 0 Å². The van der Waals surface area contributed by atoms with Crippen LogP contribution in [0.2, 0.25) is 0 Å². The van der Waals surface area contributed by atoms with Crippen LogP contribution in [0.4, 0.5) is 0 Å². The molecule has 1 aromatic carbocycles. The lowest BCUT2D eigenvalue weighted by molar-refractivity contribution is 0.553. The lowest BCUT2D eigenvalue weighted by Gasteiger charge is -2.03. The van der Waals surface area contributed by atoms with Gasteiger partial charge >= 0.3 is 0 Å². The van der Waals surface area contributed by atoms with Crippen LogP contribution in [0.1, 0.15) is 12.5 Å². The molecule has 3 aromatic rings. The predicted molar refractivity (Wildman–Crippen MR) is 78.5 cm³/mol. The second-order valence-electron chi connectivity index (χ2n) is 4.40. The summed E-state index contributed by atoms with van der Waals surface area (Å²) in [6, 6.07) is 8.14. The summed E-state index contributed by atoms with van der Waals surface area (Å²) in [5, 5.41) is 16.7. The van der Waals surface area contributed by atoms with E-state index in [4.69, 9.17) is 0 Å². The normalized spacial score (nSPS) is 10.9. The lowest BCUT2D eigenvalue weighted by Crippen LogP contribution is -1.98. The Morgan fingerprint density at radius 2 is 1.95 bits per heavy atom. The molecular weight excluding hydrogens is 320 g/mol. The molecule has 102 valence electrons. The lowest BCUT2D eigenvalue weighted by atomic mass is 10.2. The highest BCUT2D eigenvalue weighted by atomic mass is 79.9. The van der Waals surface area contributed by atoms with Crippen molar-refractivity contribution in [1.29, 1.82) is 0 Å². The number of hydrogen-bond acceptors (Lipinski definition) is 4. The molecule has 6 nitrogen and oxygen atoms in total. The van der Waals surface area contributed by atoms with Crippen molar-refractivity contribution in [1.82, 2.24) is 30.0 Å². The first-order valence-corrected chi connectivity index (χ1v) is 7.07. The molecule has 3 rings (SSSR count). The SMILES string of the molecule is CCn1nnc(-c2cnn(-c3ccc(C)cc3)c2Br)n1. The molecule has 0 atom stereocenters. The first-order valence-electron chi connectivity index (χ1n) is 6.27. The van der Waals surface area contributed by atoms with Crippen LogP contribution < -0.4 is 0 Å². The minimum atomic E-state index is 0.567. The monoisotopic (exact) mass is 332 g/mol. The number of tetrazole rings is 1. The number of nitrogens with zero attached hydrogens (tertiary/aromatic N) is 6. The van der Waals surface area contributed by atoms with E-state index in [0.717, 1.165) is 15.9 Å². The minimum absolute atomic E-state index is 0.567. The summed E-state index contributed by atoms with van der Waals surface area (Å²) in [5.41, 5.74) is 3.02. The maximum absolute atomic E-state index is 4.38. The molecule has 0 fully saturated rings. The number of benzene rings is 1. The first kappa shape index (κ1) is 13.0. The summed E-state index contributed by atoms with van der Waals surface area (Å²) in [4.78, 5) is 1.55. The van der Waals surface area contributed by atoms with Crippen molar-refractivity contribution in [2.75, 3.05) is 0 Å². The summed E-state index contributed by atoms with van der Waals surface area (Å²) in [6.07, 6.45) is 1.74. The Labute approximate surface area is 124 Å². The van der Waals surface area contributed by atoms with E-state index in [0.29, 0.717) is 12.4 Å². The molecule has 0 aliphatic carbocycles. The zero-order valence-electron chi connectivity index (χ0n) is 11.2. The quantitative estimate of drug-likeness (QED) is 0.739. The maximum atomic E-state index is 4.38. The van der Waals surface area contributed by atoms with Crippen LogP contribution in [0.15, 0.2) is 35.1 Å². The Kier molecular flexibility index (Phi) is 3.35. The third-order valence-corrected chi connectivity index (χ3v) is 3.73. The van der Waals surface area contributed by atoms with E-state index in [9.17, 15) is 0 Å². The van der Waals surface area contributed by atoms with Crippen LogP contribution in [0.25, 0.3) is 17.1 Å². The molecule has 0 N–H and O–H groups in total. The smallest absolute Gasteiger partial charge is 0.209 e. The van der Waals surface area contributed by atoms with E-state index in [-0.39, 0.29) is 0 Å². The fraction of sp³-hybridized carbons (Fsp3) is 0.231. The van der Waals surface area contributed by atoms with Gasteiger partial charge in [-0.05, 0) is 47.1 Å². The number of aryl methyl sites for hydroxylation is 2. The molecule has 0 radical (unpaired) electrons. The zero-order chi connectivity index (χ0) is 14.1. The Balaban J connectivity index is 2.02. The molecule has 0 aliphatic heterocycles. The van der Waals surface area contributed by atoms with Crippen LogP contribution >= 0.6 is 15.9 Å². The van der Waals surface area contributed by atoms with Gasteiger partial charge in [0.25, 0.3) is 0 Å². The number of aromatic nitrogens is 6. The van der Waals surface area contributed by atoms with Crippen LogP contribution in [-0.4, -0.2) is 30.0 Å². The Morgan fingerprint density at radius 1 is 1.20 bits per heavy atom. The Hall–Kier alpha value is -2.02. The minimum Gasteiger partial charge on any atom is -0.226 e. The summed E-state index contributed by atoms with van der Waals surface area (Å²) in [6.45, 7) is 4.72. The highest BCUT2D eigenvalue weighted by Gasteiger charge is 2.15. The van der Waals surface area contributed by atoms with Gasteiger partial charge in [-0.15, -0.1) is 10.2 Å². The number of halogens is 1. The fourth-order valence-electron chi connectivity index (χ4n) is 1.83. The Morgan fingerprint density at radius 3 is 2.60 bits per heavy atom. The van der Waals surface area contributed by atoms with Gasteiger partial charge in [0.15, 0.2) is 0 Å². The number of rotatable bonds is 3. The van der Waals surface area contributed by atoms with Gasteiger partial charge < -0.3 is 0 Å². The molecule has 2 aromatic heterocycles. The van der Waals surface area contributed by atoms with E-state index in [1.807, 2.05) is 19.1 Å². The van der Waals surface area contributed by atoms with Crippen molar-refractivity contribution in [3.8, 4) is 17.1 Å². The topological polar surface area (TPSA) is 61.4 Å². The largest absolute Gasteiger partial charge is 0.226 e. The van der Waals surface area contributed by atoms with Gasteiger partial charge in [-0.2, -0.15) is 9.90 Å². The predicted octanol–water partition coefficient (Wildman–Crippen LogP) is 2.62. The van der Waals surface area contributed by atoms with Crippen LogP contribution in [0.3, 0.4) is 0 Å². The molecule has 20 heavy (non-hydrogen) atoms. The average Bonchev–Trinajstić information content (AvgIpc) is 3.06. The summed E-state index contributed by atoms with van der Waals surface area (Å²) < 4.78 is 2.62. The Bertz CT molecular complexity index is 728. The second-order valence-corrected chi connectivity index (χ2v) is 5.15. The van der Waals surface area contributed by atoms with E-state index < -0.39 is 0 Å². The second kappa shape index (κ2) is 5.16. The fourth-order valence-corrected chi connectivity index (χ4v) is 2.41. The molecule has 0 saturated heterocycles. The van der Waals surface area contributed by atoms with E-state index in [1.165, 1.54) is 5.56 Å². The standard InChI is InChI=1S/C13H13BrN6/c1-3-19-17-13(16-18-19)11-8-15-20(12(11)14)10-6-4-9(2)5-7-10/h4-8H,3H2,1-2H3. The van der Waals surface area contributed by atoms with E-state index >= 15 is 0 Å². The van der Waals surface area contributed by atoms with Crippen molar-refractivity contribution in [3.05, 3.63) is 40.6 Å². The average molecular weight is 333 g/mol. The first-order chi connectivity index (χ1) is 9.69. The maximum Gasteiger partial charge on any atom is 0.209 e. The molecule has 0 saturated carbocycles. The summed E-state index contributed by atoms with van der Waals surface area (Å²) in [5.74, 6) is 0.567. The van der Waals surface area contributed by atoms with Crippen molar-refractivity contribution in [2.24, 2.45) is 0 Å². The van der Waals surface area contributed by atoms with Gasteiger partial charge in [0.1, 0.15) is 4.60 Å². The molecule has 2 heterocycles. The summed E-state index contributed by atoms with van der Waals surface area (Å²) in [7, 11) is 0. The van der Waals surface area contributed by atoms with Gasteiger partial charge in [-0.1, -0.05) is 17.7 Å². The van der Waals surface area contributed by atoms with Gasteiger partial charge in [0, 0.05) is 0 Å². The summed E-state index contributed by atoms with van der Waals surface area (Å²) >= 11 is 3.56. The molecule has 7 heteroatoms. The molecule has 0 aliphatic rings. The molecule has 0 bridgehead atoms.